The van der Waals surface area contributed by atoms with Gasteiger partial charge in [0.25, 0.3) is 7.82 Å². The number of aliphatic hydroxyl groups excluding tert-OH is 1. The Morgan fingerprint density at radius 1 is 0.444 bits per heavy atom. The first-order chi connectivity index (χ1) is 39.5. The van der Waals surface area contributed by atoms with Gasteiger partial charge in [-0.1, -0.05) is 338 Å². The zero-order valence-corrected chi connectivity index (χ0v) is 55.4. The van der Waals surface area contributed by atoms with Gasteiger partial charge in [-0.2, -0.15) is 0 Å². The quantitative estimate of drug-likeness (QED) is 0.0272. The third-order valence-electron chi connectivity index (χ3n) is 16.0. The second kappa shape index (κ2) is 62.7. The largest absolute Gasteiger partial charge is 0.756 e. The fourth-order valence-electron chi connectivity index (χ4n) is 10.6. The van der Waals surface area contributed by atoms with Gasteiger partial charge in [0.1, 0.15) is 13.2 Å². The number of quaternary nitrogens is 1. The van der Waals surface area contributed by atoms with Crippen LogP contribution in [0, 0.1) is 0 Å². The average molecular weight is 1160 g/mol. The van der Waals surface area contributed by atoms with E-state index in [1.165, 1.54) is 257 Å². The van der Waals surface area contributed by atoms with Gasteiger partial charge in [0.05, 0.1) is 39.9 Å². The molecule has 0 fully saturated rings. The molecule has 8 nitrogen and oxygen atoms in total. The molecule has 3 atom stereocenters. The van der Waals surface area contributed by atoms with Gasteiger partial charge in [0.2, 0.25) is 5.91 Å². The number of likely N-dealkylation sites (N-methyl/N-ethyl adjacent to an activating group) is 1. The van der Waals surface area contributed by atoms with E-state index in [1.54, 1.807) is 6.08 Å². The molecule has 3 unspecified atom stereocenters. The molecule has 0 bridgehead atoms. The van der Waals surface area contributed by atoms with Crippen molar-refractivity contribution in [1.82, 2.24) is 5.32 Å². The summed E-state index contributed by atoms with van der Waals surface area (Å²) in [5.74, 6) is -0.191. The Bertz CT molecular complexity index is 1500. The van der Waals surface area contributed by atoms with Gasteiger partial charge in [-0.3, -0.25) is 9.36 Å². The van der Waals surface area contributed by atoms with Crippen LogP contribution >= 0.6 is 7.82 Å². The highest BCUT2D eigenvalue weighted by Crippen LogP contribution is 2.38. The van der Waals surface area contributed by atoms with E-state index in [2.05, 4.69) is 67.8 Å². The highest BCUT2D eigenvalue weighted by Gasteiger charge is 2.23. The van der Waals surface area contributed by atoms with Crippen LogP contribution in [0.2, 0.25) is 0 Å². The maximum absolute atomic E-state index is 13.0. The Morgan fingerprint density at radius 2 is 0.753 bits per heavy atom. The Balaban J connectivity index is 3.94. The van der Waals surface area contributed by atoms with Gasteiger partial charge < -0.3 is 28.8 Å². The number of allylic oxidation sites excluding steroid dienone is 9. The highest BCUT2D eigenvalue weighted by molar-refractivity contribution is 7.45. The summed E-state index contributed by atoms with van der Waals surface area (Å²) >= 11 is 0. The third-order valence-corrected chi connectivity index (χ3v) is 16.9. The first-order valence-electron chi connectivity index (χ1n) is 35.2. The number of nitrogens with zero attached hydrogens (tertiary/aromatic N) is 1. The predicted octanol–water partition coefficient (Wildman–Crippen LogP) is 21.8. The van der Waals surface area contributed by atoms with E-state index in [-0.39, 0.29) is 19.1 Å². The lowest BCUT2D eigenvalue weighted by molar-refractivity contribution is -0.870. The molecule has 2 N–H and O–H groups in total. The van der Waals surface area contributed by atoms with Crippen molar-refractivity contribution in [2.45, 2.75) is 353 Å². The van der Waals surface area contributed by atoms with E-state index >= 15 is 0 Å². The summed E-state index contributed by atoms with van der Waals surface area (Å²) in [5.41, 5.74) is 0. The molecular weight excluding hydrogens is 1020 g/mol. The van der Waals surface area contributed by atoms with Crippen molar-refractivity contribution in [2.75, 3.05) is 40.9 Å². The molecule has 81 heavy (non-hydrogen) atoms. The molecular formula is C72H137N2O6P. The van der Waals surface area contributed by atoms with Crippen molar-refractivity contribution in [1.29, 1.82) is 0 Å². The topological polar surface area (TPSA) is 108 Å². The van der Waals surface area contributed by atoms with E-state index < -0.39 is 20.0 Å². The highest BCUT2D eigenvalue weighted by atomic mass is 31.2. The summed E-state index contributed by atoms with van der Waals surface area (Å²) in [6, 6.07) is -0.886. The monoisotopic (exact) mass is 1160 g/mol. The van der Waals surface area contributed by atoms with E-state index in [1.807, 2.05) is 27.2 Å². The van der Waals surface area contributed by atoms with Crippen LogP contribution in [0.25, 0.3) is 0 Å². The number of rotatable bonds is 65. The average Bonchev–Trinajstić information content (AvgIpc) is 3.43. The van der Waals surface area contributed by atoms with Crippen LogP contribution in [0.5, 0.6) is 0 Å². The first kappa shape index (κ1) is 79.2. The molecule has 0 saturated heterocycles. The minimum absolute atomic E-state index is 0.000615. The van der Waals surface area contributed by atoms with Crippen LogP contribution in [0.3, 0.4) is 0 Å². The van der Waals surface area contributed by atoms with Gasteiger partial charge in [-0.15, -0.1) is 0 Å². The summed E-state index contributed by atoms with van der Waals surface area (Å²) < 4.78 is 23.4. The molecule has 0 aliphatic carbocycles. The lowest BCUT2D eigenvalue weighted by atomic mass is 10.0. The Morgan fingerprint density at radius 3 is 1.10 bits per heavy atom. The molecule has 0 saturated carbocycles. The minimum Gasteiger partial charge on any atom is -0.756 e. The molecule has 0 spiro atoms. The van der Waals surface area contributed by atoms with E-state index in [4.69, 9.17) is 9.05 Å². The van der Waals surface area contributed by atoms with Gasteiger partial charge in [-0.25, -0.2) is 0 Å². The maximum Gasteiger partial charge on any atom is 0.268 e. The normalized spacial score (nSPS) is 14.0. The number of phosphoric acid groups is 1. The fraction of sp³-hybridized carbons (Fsp3) is 0.847. The predicted molar refractivity (Wildman–Crippen MR) is 353 cm³/mol. The molecule has 0 radical (unpaired) electrons. The van der Waals surface area contributed by atoms with Crippen LogP contribution in [0.4, 0.5) is 0 Å². The van der Waals surface area contributed by atoms with Gasteiger partial charge in [0.15, 0.2) is 0 Å². The summed E-state index contributed by atoms with van der Waals surface area (Å²) in [5, 5.41) is 14.0. The molecule has 476 valence electrons. The number of hydrogen-bond acceptors (Lipinski definition) is 6. The second-order valence-electron chi connectivity index (χ2n) is 25.2. The van der Waals surface area contributed by atoms with E-state index in [0.717, 1.165) is 64.2 Å². The molecule has 0 aliphatic heterocycles. The SMILES string of the molecule is CC/C=C\C/C=C\C/C=C\C/C=C\CCCCCCCCCCCCCCCCCCCCCCCCCCCCC(=O)NC(COP(=O)([O-])OCC[N+](C)(C)C)C(O)/C=C/CCCCCCCCCCCCCCCCCCCC. The zero-order valence-electron chi connectivity index (χ0n) is 54.5. The smallest absolute Gasteiger partial charge is 0.268 e. The minimum atomic E-state index is -4.60. The number of carbonyl (C=O) groups excluding carboxylic acids is 1. The summed E-state index contributed by atoms with van der Waals surface area (Å²) in [6.45, 7) is 4.58. The van der Waals surface area contributed by atoms with Crippen molar-refractivity contribution >= 4 is 13.7 Å². The number of amides is 1. The standard InChI is InChI=1S/C72H137N2O6P/c1-6-8-10-12-14-16-18-20-22-24-26-28-29-30-31-32-33-34-35-36-37-38-39-40-41-42-43-44-45-46-48-50-52-54-56-58-60-62-64-66-72(76)73-70(69-80-81(77,78)79-68-67-74(3,4)5)71(75)65-63-61-59-57-55-53-51-49-47-27-25-23-21-19-17-15-13-11-9-7-2/h8,10,14,16,20,22,26,28,63,65,70-71,75H,6-7,9,11-13,15,17-19,21,23-25,27,29-62,64,66-69H2,1-5H3,(H-,73,76,77,78)/b10-8-,16-14-,22-20-,28-26-,65-63+. The Hall–Kier alpha value is -1.80. The molecule has 0 heterocycles. The van der Waals surface area contributed by atoms with Crippen molar-refractivity contribution in [3.63, 3.8) is 0 Å². The zero-order chi connectivity index (χ0) is 59.1. The lowest BCUT2D eigenvalue weighted by Gasteiger charge is -2.29. The van der Waals surface area contributed by atoms with Crippen molar-refractivity contribution in [3.8, 4) is 0 Å². The van der Waals surface area contributed by atoms with Crippen LogP contribution in [0.15, 0.2) is 60.8 Å². The van der Waals surface area contributed by atoms with Gasteiger partial charge in [0, 0.05) is 6.42 Å². The Labute approximate surface area is 504 Å². The number of unbranched alkanes of at least 4 members (excludes halogenated alkanes) is 44. The van der Waals surface area contributed by atoms with Crippen LogP contribution in [-0.2, 0) is 18.4 Å². The summed E-state index contributed by atoms with van der Waals surface area (Å²) in [6.07, 6.45) is 86.4. The van der Waals surface area contributed by atoms with Crippen molar-refractivity contribution in [2.24, 2.45) is 0 Å². The molecule has 0 aromatic heterocycles. The van der Waals surface area contributed by atoms with Crippen LogP contribution in [0.1, 0.15) is 341 Å². The van der Waals surface area contributed by atoms with Crippen LogP contribution in [-0.4, -0.2) is 68.5 Å². The molecule has 0 aromatic carbocycles. The Kier molecular flexibility index (Phi) is 61.3. The third kappa shape index (κ3) is 65.6. The molecule has 0 aromatic rings. The summed E-state index contributed by atoms with van der Waals surface area (Å²) in [7, 11) is 1.28. The maximum atomic E-state index is 13.0. The van der Waals surface area contributed by atoms with E-state index in [9.17, 15) is 19.4 Å². The van der Waals surface area contributed by atoms with Gasteiger partial charge >= 0.3 is 0 Å². The number of carbonyl (C=O) groups is 1. The summed E-state index contributed by atoms with van der Waals surface area (Å²) in [4.78, 5) is 25.6. The molecule has 9 heteroatoms. The van der Waals surface area contributed by atoms with Gasteiger partial charge in [-0.05, 0) is 57.8 Å². The number of nitrogens with one attached hydrogen (secondary N) is 1. The van der Waals surface area contributed by atoms with Crippen LogP contribution < -0.4 is 10.2 Å². The first-order valence-corrected chi connectivity index (χ1v) is 36.6. The molecule has 1 amide bonds. The number of phosphoric ester groups is 1. The molecule has 0 rings (SSSR count). The molecule has 0 aliphatic rings. The number of aliphatic hydroxyl groups is 1. The lowest BCUT2D eigenvalue weighted by Crippen LogP contribution is -2.45. The number of hydrogen-bond donors (Lipinski definition) is 2. The van der Waals surface area contributed by atoms with Crippen molar-refractivity contribution in [3.05, 3.63) is 60.8 Å². The van der Waals surface area contributed by atoms with E-state index in [0.29, 0.717) is 17.4 Å². The fourth-order valence-corrected chi connectivity index (χ4v) is 11.3. The van der Waals surface area contributed by atoms with Crippen molar-refractivity contribution < 1.29 is 32.9 Å². The second-order valence-corrected chi connectivity index (χ2v) is 26.6.